The molecule has 19 heteroatoms. The van der Waals surface area contributed by atoms with Gasteiger partial charge in [-0.15, -0.1) is 5.10 Å². The number of amides is 4. The fourth-order valence-electron chi connectivity index (χ4n) is 10.1. The highest BCUT2D eigenvalue weighted by atomic mass is 16.6. The highest BCUT2D eigenvalue weighted by Crippen LogP contribution is 2.52. The van der Waals surface area contributed by atoms with E-state index < -0.39 is 58.6 Å². The molecule has 8 rings (SSSR count). The molecule has 5 fully saturated rings. The molecule has 3 aliphatic carbocycles. The number of hydrogen-bond donors (Lipinski definition) is 4. The third-order valence-electron chi connectivity index (χ3n) is 14.0. The van der Waals surface area contributed by atoms with Crippen molar-refractivity contribution in [2.45, 2.75) is 142 Å². The van der Waals surface area contributed by atoms with E-state index in [-0.39, 0.29) is 43.5 Å². The maximum absolute atomic E-state index is 14.9. The minimum Gasteiger partial charge on any atom is -0.492 e. The molecule has 4 amide bonds. The number of carboxylic acids is 1. The first-order valence-corrected chi connectivity index (χ1v) is 24.7. The van der Waals surface area contributed by atoms with Gasteiger partial charge in [-0.3, -0.25) is 14.5 Å². The van der Waals surface area contributed by atoms with Crippen molar-refractivity contribution < 1.29 is 48.0 Å². The summed E-state index contributed by atoms with van der Waals surface area (Å²) in [4.78, 5) is 78.2. The van der Waals surface area contributed by atoms with E-state index in [2.05, 4.69) is 20.9 Å². The minimum absolute atomic E-state index is 0.0277. The van der Waals surface area contributed by atoms with Crippen molar-refractivity contribution in [3.8, 4) is 17.3 Å². The number of fused-ring (bicyclic) bond motifs is 2. The summed E-state index contributed by atoms with van der Waals surface area (Å²) < 4.78 is 26.1. The predicted octanol–water partition coefficient (Wildman–Crippen LogP) is 5.83. The number of aliphatic carboxylic acids is 1. The molecule has 3 aromatic rings. The van der Waals surface area contributed by atoms with Crippen LogP contribution in [-0.2, 0) is 23.9 Å². The van der Waals surface area contributed by atoms with Crippen LogP contribution in [0.4, 0.5) is 15.4 Å². The van der Waals surface area contributed by atoms with Crippen LogP contribution in [0.3, 0.4) is 0 Å². The van der Waals surface area contributed by atoms with Gasteiger partial charge in [0.1, 0.15) is 59.4 Å². The van der Waals surface area contributed by atoms with Gasteiger partial charge in [-0.05, 0) is 95.6 Å². The summed E-state index contributed by atoms with van der Waals surface area (Å²) in [5.41, 5.74) is -2.22. The number of piperazine rings is 1. The van der Waals surface area contributed by atoms with Crippen LogP contribution in [0.2, 0.25) is 0 Å². The van der Waals surface area contributed by atoms with E-state index in [1.807, 2.05) is 86.6 Å². The molecule has 3 saturated carbocycles. The van der Waals surface area contributed by atoms with Crippen LogP contribution < -0.4 is 25.4 Å². The number of nitrogens with one attached hydrogen (secondary N) is 3. The summed E-state index contributed by atoms with van der Waals surface area (Å²) in [6, 6.07) is 7.11. The second-order valence-electron chi connectivity index (χ2n) is 22.0. The van der Waals surface area contributed by atoms with E-state index >= 15 is 0 Å². The Morgan fingerprint density at radius 1 is 0.928 bits per heavy atom. The van der Waals surface area contributed by atoms with Gasteiger partial charge in [0.15, 0.2) is 5.82 Å². The Kier molecular flexibility index (Phi) is 14.0. The quantitative estimate of drug-likeness (QED) is 0.133. The van der Waals surface area contributed by atoms with Gasteiger partial charge < -0.3 is 49.8 Å². The molecule has 2 aromatic heterocycles. The Labute approximate surface area is 404 Å². The smallest absolute Gasteiger partial charge is 0.410 e. The third kappa shape index (κ3) is 11.6. The fourth-order valence-corrected chi connectivity index (χ4v) is 10.1. The van der Waals surface area contributed by atoms with Crippen LogP contribution in [-0.4, -0.2) is 152 Å². The highest BCUT2D eigenvalue weighted by Gasteiger charge is 2.61. The number of benzene rings is 1. The van der Waals surface area contributed by atoms with Gasteiger partial charge in [0.25, 0.3) is 0 Å². The standard InChI is InChI=1S/C50H71N9O10/c1-10-32-27-50(32,45(62)63)54-43(60)38-25-35(28-58(38)44(61)42(48(4,5)6)53-46(64)68-34-22-30-21-31(30)23-34)67-39-26-41(59-14-13-40(55-59)51-29(2)3)52-37-24-33(11-12-36(37)39)66-20-19-56-15-17-57(18-16-56)47(65)69-49(7,8)9/h11-14,24,26,29-32,34-35,38,42H,10,15-23,25,27-28H2,1-9H3,(H,51,55)(H,53,64)(H,54,60)(H,62,63)/t30?,31?,32?,34?,35-,38?,42?,50-/m1/s1. The molecule has 2 aliphatic heterocycles. The summed E-state index contributed by atoms with van der Waals surface area (Å²) in [5, 5.41) is 24.6. The Balaban J connectivity index is 1.03. The molecule has 5 unspecified atom stereocenters. The lowest BCUT2D eigenvalue weighted by atomic mass is 9.85. The summed E-state index contributed by atoms with van der Waals surface area (Å²) in [5.74, 6) is 0.857. The summed E-state index contributed by atoms with van der Waals surface area (Å²) >= 11 is 0. The van der Waals surface area contributed by atoms with E-state index in [0.717, 1.165) is 12.8 Å². The van der Waals surface area contributed by atoms with Crippen molar-refractivity contribution >= 4 is 46.7 Å². The SMILES string of the molecule is CCC1C[C@]1(NC(=O)C1C[C@@H](Oc2cc(-n3ccc(NC(C)C)n3)nc3cc(OCCN4CCN(C(=O)OC(C)(C)C)CC4)ccc23)CN1C(=O)C(NC(=O)OC1CC2CC2C1)C(C)(C)C)C(=O)O. The van der Waals surface area contributed by atoms with Gasteiger partial charge in [-0.2, -0.15) is 0 Å². The molecule has 4 N–H and O–H groups in total. The molecular weight excluding hydrogens is 887 g/mol. The minimum atomic E-state index is -1.42. The largest absolute Gasteiger partial charge is 0.492 e. The van der Waals surface area contributed by atoms with Gasteiger partial charge >= 0.3 is 18.2 Å². The van der Waals surface area contributed by atoms with Crippen molar-refractivity contribution in [3.63, 3.8) is 0 Å². The monoisotopic (exact) mass is 958 g/mol. The van der Waals surface area contributed by atoms with Gasteiger partial charge in [-0.1, -0.05) is 34.1 Å². The first-order valence-electron chi connectivity index (χ1n) is 24.7. The lowest BCUT2D eigenvalue weighted by Gasteiger charge is -2.35. The Morgan fingerprint density at radius 3 is 2.29 bits per heavy atom. The number of carbonyl (C=O) groups excluding carboxylic acids is 4. The van der Waals surface area contributed by atoms with E-state index in [4.69, 9.17) is 29.0 Å². The number of ether oxygens (including phenoxy) is 4. The number of nitrogens with zero attached hydrogens (tertiary/aromatic N) is 6. The van der Waals surface area contributed by atoms with E-state index in [1.165, 1.54) is 11.3 Å². The van der Waals surface area contributed by atoms with Gasteiger partial charge in [-0.25, -0.2) is 24.0 Å². The highest BCUT2D eigenvalue weighted by molar-refractivity contribution is 5.96. The van der Waals surface area contributed by atoms with Crippen LogP contribution in [0, 0.1) is 23.2 Å². The molecule has 1 aromatic carbocycles. The lowest BCUT2D eigenvalue weighted by molar-refractivity contribution is -0.146. The van der Waals surface area contributed by atoms with Crippen molar-refractivity contribution in [1.82, 2.24) is 40.1 Å². The van der Waals surface area contributed by atoms with E-state index in [1.54, 1.807) is 21.8 Å². The van der Waals surface area contributed by atoms with Gasteiger partial charge in [0, 0.05) is 75.0 Å². The lowest BCUT2D eigenvalue weighted by Crippen LogP contribution is -2.59. The molecule has 376 valence electrons. The molecular formula is C50H71N9O10. The van der Waals surface area contributed by atoms with Crippen LogP contribution in [0.15, 0.2) is 36.5 Å². The number of carboxylic acid groups (broad SMARTS) is 1. The first kappa shape index (κ1) is 49.6. The van der Waals surface area contributed by atoms with Gasteiger partial charge in [0.05, 0.1) is 12.1 Å². The van der Waals surface area contributed by atoms with E-state index in [0.29, 0.717) is 91.6 Å². The molecule has 4 heterocycles. The number of likely N-dealkylation sites (tertiary alicyclic amines) is 1. The van der Waals surface area contributed by atoms with Gasteiger partial charge in [0.2, 0.25) is 11.8 Å². The Morgan fingerprint density at radius 2 is 1.65 bits per heavy atom. The molecule has 19 nitrogen and oxygen atoms in total. The number of carbonyl (C=O) groups is 5. The van der Waals surface area contributed by atoms with Crippen molar-refractivity contribution in [2.24, 2.45) is 23.2 Å². The number of aromatic nitrogens is 3. The summed E-state index contributed by atoms with van der Waals surface area (Å²) in [6.45, 7) is 20.5. The zero-order valence-corrected chi connectivity index (χ0v) is 41.6. The average Bonchev–Trinajstić information content (AvgIpc) is 3.94. The molecule has 69 heavy (non-hydrogen) atoms. The number of pyridine rings is 1. The maximum Gasteiger partial charge on any atom is 0.410 e. The molecule has 0 bridgehead atoms. The van der Waals surface area contributed by atoms with Crippen molar-refractivity contribution in [3.05, 3.63) is 36.5 Å². The fraction of sp³-hybridized carbons (Fsp3) is 0.660. The summed E-state index contributed by atoms with van der Waals surface area (Å²) in [6.07, 6.45) is 3.58. The topological polar surface area (TPSA) is 219 Å². The van der Waals surface area contributed by atoms with Crippen LogP contribution in [0.1, 0.15) is 101 Å². The first-order chi connectivity index (χ1) is 32.6. The second-order valence-corrected chi connectivity index (χ2v) is 22.0. The maximum atomic E-state index is 14.9. The Bertz CT molecular complexity index is 2390. The van der Waals surface area contributed by atoms with Crippen LogP contribution >= 0.6 is 0 Å². The summed E-state index contributed by atoms with van der Waals surface area (Å²) in [7, 11) is 0. The van der Waals surface area contributed by atoms with Crippen molar-refractivity contribution in [2.75, 3.05) is 51.2 Å². The predicted molar refractivity (Wildman–Crippen MR) is 256 cm³/mol. The third-order valence-corrected chi connectivity index (χ3v) is 14.0. The zero-order chi connectivity index (χ0) is 49.6. The molecule has 0 spiro atoms. The average molecular weight is 958 g/mol. The normalized spacial score (nSPS) is 26.0. The Hall–Kier alpha value is -5.85. The second kappa shape index (κ2) is 19.5. The van der Waals surface area contributed by atoms with Crippen LogP contribution in [0.25, 0.3) is 16.7 Å². The number of alkyl carbamates (subject to hydrolysis) is 1. The van der Waals surface area contributed by atoms with Crippen LogP contribution in [0.5, 0.6) is 11.5 Å². The number of rotatable bonds is 16. The van der Waals surface area contributed by atoms with E-state index in [9.17, 15) is 29.1 Å². The zero-order valence-electron chi connectivity index (χ0n) is 41.6. The molecule has 7 atom stereocenters. The molecule has 2 saturated heterocycles. The molecule has 0 radical (unpaired) electrons. The number of hydrogen-bond acceptors (Lipinski definition) is 13. The number of anilines is 1. The molecule has 5 aliphatic rings. The van der Waals surface area contributed by atoms with Crippen molar-refractivity contribution in [1.29, 1.82) is 0 Å².